The van der Waals surface area contributed by atoms with Gasteiger partial charge in [0.1, 0.15) is 0 Å². The maximum atomic E-state index is 14.1. The zero-order valence-corrected chi connectivity index (χ0v) is 26.1. The Balaban J connectivity index is 1.92. The third-order valence-electron chi connectivity index (χ3n) is 7.84. The largest absolute Gasteiger partial charge is 0.339 e. The van der Waals surface area contributed by atoms with Gasteiger partial charge in [0.05, 0.1) is 17.9 Å². The molecule has 1 atom stereocenters. The van der Waals surface area contributed by atoms with E-state index in [0.717, 1.165) is 40.2 Å². The topological polar surface area (TPSA) is 47.2 Å². The molecule has 0 aliphatic heterocycles. The van der Waals surface area contributed by atoms with Crippen molar-refractivity contribution in [1.29, 1.82) is 0 Å². The third kappa shape index (κ3) is 6.99. The van der Waals surface area contributed by atoms with E-state index in [4.69, 9.17) is 0 Å². The van der Waals surface area contributed by atoms with Crippen LogP contribution < -0.4 is 5.69 Å². The predicted octanol–water partition coefficient (Wildman–Crippen LogP) is 7.89. The molecule has 0 fully saturated rings. The van der Waals surface area contributed by atoms with Crippen LogP contribution in [-0.2, 0) is 17.9 Å². The summed E-state index contributed by atoms with van der Waals surface area (Å²) >= 11 is 1.65. The molecule has 5 nitrogen and oxygen atoms in total. The molecule has 0 spiro atoms. The molecule has 1 aliphatic rings. The van der Waals surface area contributed by atoms with Crippen molar-refractivity contribution in [3.05, 3.63) is 109 Å². The number of benzene rings is 1. The smallest absolute Gasteiger partial charge is 0.329 e. The molecule has 1 amide bonds. The summed E-state index contributed by atoms with van der Waals surface area (Å²) in [7, 11) is 0. The van der Waals surface area contributed by atoms with Crippen LogP contribution in [-0.4, -0.2) is 33.0 Å². The summed E-state index contributed by atoms with van der Waals surface area (Å²) in [6.07, 6.45) is 10.5. The van der Waals surface area contributed by atoms with E-state index in [9.17, 15) is 9.59 Å². The third-order valence-corrected chi connectivity index (χ3v) is 8.70. The molecule has 0 unspecified atom stereocenters. The molecular formula is C35H43N3O2S. The predicted molar refractivity (Wildman–Crippen MR) is 174 cm³/mol. The SMILES string of the molecule is CCN(CC)C(=O)C1=Cc2c(n(Cc3cccs3)c(=O)n2C/C=C(\C)CCC=C(C)C)C=C(c2ccccc2)[C@H]1C. The Kier molecular flexibility index (Phi) is 10.2. The lowest BCUT2D eigenvalue weighted by Crippen LogP contribution is -2.33. The lowest BCUT2D eigenvalue weighted by atomic mass is 9.87. The van der Waals surface area contributed by atoms with Gasteiger partial charge < -0.3 is 4.90 Å². The van der Waals surface area contributed by atoms with Crippen molar-refractivity contribution < 1.29 is 4.79 Å². The highest BCUT2D eigenvalue weighted by molar-refractivity contribution is 7.09. The number of allylic oxidation sites excluding steroid dienone is 5. The molecule has 0 bridgehead atoms. The number of nitrogens with zero attached hydrogens (tertiary/aromatic N) is 3. The minimum Gasteiger partial charge on any atom is -0.339 e. The molecule has 2 aromatic heterocycles. The summed E-state index contributed by atoms with van der Waals surface area (Å²) in [5, 5.41) is 2.04. The quantitative estimate of drug-likeness (QED) is 0.220. The second-order valence-corrected chi connectivity index (χ2v) is 12.0. The van der Waals surface area contributed by atoms with Crippen molar-refractivity contribution in [2.24, 2.45) is 5.92 Å². The van der Waals surface area contributed by atoms with Crippen LogP contribution >= 0.6 is 11.3 Å². The summed E-state index contributed by atoms with van der Waals surface area (Å²) in [6.45, 7) is 14.7. The van der Waals surface area contributed by atoms with Crippen LogP contribution in [0.3, 0.4) is 0 Å². The number of hydrogen-bond acceptors (Lipinski definition) is 3. The van der Waals surface area contributed by atoms with E-state index in [1.54, 1.807) is 11.3 Å². The fraction of sp³-hybridized carbons (Fsp3) is 0.371. The highest BCUT2D eigenvalue weighted by Crippen LogP contribution is 2.37. The fourth-order valence-corrected chi connectivity index (χ4v) is 6.07. The molecule has 216 valence electrons. The van der Waals surface area contributed by atoms with E-state index >= 15 is 0 Å². The van der Waals surface area contributed by atoms with Gasteiger partial charge >= 0.3 is 5.69 Å². The average molecular weight is 570 g/mol. The van der Waals surface area contributed by atoms with Gasteiger partial charge in [-0.3, -0.25) is 13.9 Å². The van der Waals surface area contributed by atoms with E-state index in [2.05, 4.69) is 64.1 Å². The molecule has 6 heteroatoms. The van der Waals surface area contributed by atoms with Gasteiger partial charge in [0.15, 0.2) is 0 Å². The number of fused-ring (bicyclic) bond motifs is 1. The normalized spacial score (nSPS) is 15.1. The lowest BCUT2D eigenvalue weighted by Gasteiger charge is -2.25. The van der Waals surface area contributed by atoms with Gasteiger partial charge in [-0.15, -0.1) is 11.3 Å². The number of carbonyl (C=O) groups excluding carboxylic acids is 1. The Bertz CT molecular complexity index is 1520. The molecule has 1 aliphatic carbocycles. The number of carbonyl (C=O) groups is 1. The summed E-state index contributed by atoms with van der Waals surface area (Å²) in [5.41, 5.74) is 6.98. The minimum atomic E-state index is -0.141. The lowest BCUT2D eigenvalue weighted by molar-refractivity contribution is -0.127. The molecule has 3 aromatic rings. The maximum Gasteiger partial charge on any atom is 0.329 e. The molecular weight excluding hydrogens is 526 g/mol. The van der Waals surface area contributed by atoms with Crippen LogP contribution in [0.15, 0.2) is 81.5 Å². The summed E-state index contributed by atoms with van der Waals surface area (Å²) in [6, 6.07) is 14.3. The second-order valence-electron chi connectivity index (χ2n) is 11.0. The number of rotatable bonds is 11. The summed E-state index contributed by atoms with van der Waals surface area (Å²) in [5.74, 6) is -0.117. The number of hydrogen-bond donors (Lipinski definition) is 0. The van der Waals surface area contributed by atoms with E-state index in [1.165, 1.54) is 11.1 Å². The number of likely N-dealkylation sites (N-methyl/N-ethyl adjacent to an activating group) is 1. The number of thiophene rings is 1. The van der Waals surface area contributed by atoms with Gasteiger partial charge in [0.2, 0.25) is 5.91 Å². The van der Waals surface area contributed by atoms with Gasteiger partial charge in [-0.25, -0.2) is 4.79 Å². The molecule has 2 heterocycles. The van der Waals surface area contributed by atoms with Gasteiger partial charge in [0, 0.05) is 36.0 Å². The van der Waals surface area contributed by atoms with E-state index in [1.807, 2.05) is 63.6 Å². The van der Waals surface area contributed by atoms with E-state index in [0.29, 0.717) is 31.8 Å². The van der Waals surface area contributed by atoms with Gasteiger partial charge in [-0.05, 0) is 82.2 Å². The van der Waals surface area contributed by atoms with Gasteiger partial charge in [-0.2, -0.15) is 0 Å². The Hall–Kier alpha value is -3.64. The van der Waals surface area contributed by atoms with Crippen LogP contribution in [0.5, 0.6) is 0 Å². The Morgan fingerprint density at radius 3 is 2.29 bits per heavy atom. The van der Waals surface area contributed by atoms with Crippen molar-refractivity contribution in [1.82, 2.24) is 14.0 Å². The Labute approximate surface area is 248 Å². The zero-order chi connectivity index (χ0) is 29.5. The second kappa shape index (κ2) is 13.8. The maximum absolute atomic E-state index is 14.1. The van der Waals surface area contributed by atoms with E-state index in [-0.39, 0.29) is 17.5 Å². The van der Waals surface area contributed by atoms with Crippen molar-refractivity contribution in [3.8, 4) is 0 Å². The average Bonchev–Trinajstić information content (AvgIpc) is 3.52. The molecule has 1 aromatic carbocycles. The van der Waals surface area contributed by atoms with Crippen molar-refractivity contribution in [3.63, 3.8) is 0 Å². The molecule has 0 saturated carbocycles. The molecule has 41 heavy (non-hydrogen) atoms. The summed E-state index contributed by atoms with van der Waals surface area (Å²) < 4.78 is 3.73. The van der Waals surface area contributed by atoms with E-state index < -0.39 is 0 Å². The van der Waals surface area contributed by atoms with Gasteiger partial charge in [-0.1, -0.05) is 66.6 Å². The summed E-state index contributed by atoms with van der Waals surface area (Å²) in [4.78, 5) is 31.0. The first-order chi connectivity index (χ1) is 19.7. The van der Waals surface area contributed by atoms with Crippen LogP contribution in [0.2, 0.25) is 0 Å². The first kappa shape index (κ1) is 30.3. The van der Waals surface area contributed by atoms with Crippen molar-refractivity contribution in [2.75, 3.05) is 13.1 Å². The number of aromatic nitrogens is 2. The monoisotopic (exact) mass is 569 g/mol. The number of imidazole rings is 1. The minimum absolute atomic E-state index is 0.0237. The highest BCUT2D eigenvalue weighted by Gasteiger charge is 2.30. The van der Waals surface area contributed by atoms with Crippen LogP contribution in [0.25, 0.3) is 17.7 Å². The van der Waals surface area contributed by atoms with Crippen LogP contribution in [0, 0.1) is 5.92 Å². The Morgan fingerprint density at radius 2 is 1.66 bits per heavy atom. The molecule has 0 N–H and O–H groups in total. The van der Waals surface area contributed by atoms with Gasteiger partial charge in [0.25, 0.3) is 0 Å². The first-order valence-electron chi connectivity index (χ1n) is 14.7. The molecule has 0 saturated heterocycles. The van der Waals surface area contributed by atoms with Crippen molar-refractivity contribution >= 4 is 35.0 Å². The fourth-order valence-electron chi connectivity index (χ4n) is 5.37. The highest BCUT2D eigenvalue weighted by atomic mass is 32.1. The Morgan fingerprint density at radius 1 is 0.951 bits per heavy atom. The standard InChI is InChI=1S/C35H43N3O2S/c1-7-36(8-2)34(39)31-23-32-33(22-30(27(31)6)28-16-10-9-11-17-28)38(24-29-18-13-21-41-29)35(40)37(32)20-19-26(5)15-12-14-25(3)4/h9-11,13-14,16-19,21-23,27H,7-8,12,15,20,24H2,1-6H3/b26-19+/t27-/m1/s1. The number of amides is 1. The van der Waals surface area contributed by atoms with Crippen LogP contribution in [0.4, 0.5) is 0 Å². The molecule has 0 radical (unpaired) electrons. The molecule has 4 rings (SSSR count). The first-order valence-corrected chi connectivity index (χ1v) is 15.6. The van der Waals surface area contributed by atoms with Crippen molar-refractivity contribution in [2.45, 2.75) is 67.5 Å². The zero-order valence-electron chi connectivity index (χ0n) is 25.3. The van der Waals surface area contributed by atoms with Crippen LogP contribution in [0.1, 0.15) is 76.2 Å².